The highest BCUT2D eigenvalue weighted by Crippen LogP contribution is 2.17. The zero-order valence-electron chi connectivity index (χ0n) is 11.7. The summed E-state index contributed by atoms with van der Waals surface area (Å²) < 4.78 is 0. The molecule has 0 spiro atoms. The lowest BCUT2D eigenvalue weighted by Gasteiger charge is -2.06. The number of carbonyl (C=O) groups is 2. The zero-order chi connectivity index (χ0) is 15.4. The Balaban J connectivity index is 1.59. The van der Waals surface area contributed by atoms with E-state index in [2.05, 4.69) is 20.6 Å². The zero-order valence-corrected chi connectivity index (χ0v) is 11.7. The van der Waals surface area contributed by atoms with E-state index in [-0.39, 0.29) is 6.54 Å². The van der Waals surface area contributed by atoms with Gasteiger partial charge in [0.1, 0.15) is 0 Å². The molecule has 3 aromatic rings. The van der Waals surface area contributed by atoms with Crippen LogP contribution in [0.5, 0.6) is 0 Å². The maximum absolute atomic E-state index is 11.9. The number of carbonyl (C=O) groups excluding carboxylic acids is 2. The van der Waals surface area contributed by atoms with Crippen molar-refractivity contribution in [3.05, 3.63) is 60.6 Å². The summed E-state index contributed by atoms with van der Waals surface area (Å²) >= 11 is 0. The minimum absolute atomic E-state index is 0.282. The van der Waals surface area contributed by atoms with Crippen LogP contribution in [0, 0.1) is 0 Å². The summed E-state index contributed by atoms with van der Waals surface area (Å²) in [6, 6.07) is 10.9. The summed E-state index contributed by atoms with van der Waals surface area (Å²) in [5.74, 6) is -1.37. The number of nitrogens with one attached hydrogen (secondary N) is 3. The number of hydrogen-bond acceptors (Lipinski definition) is 3. The lowest BCUT2D eigenvalue weighted by Crippen LogP contribution is -2.34. The van der Waals surface area contributed by atoms with Gasteiger partial charge < -0.3 is 15.6 Å². The Morgan fingerprint density at radius 3 is 2.68 bits per heavy atom. The highest BCUT2D eigenvalue weighted by Gasteiger charge is 2.13. The molecular formula is C16H14N4O2. The van der Waals surface area contributed by atoms with Crippen molar-refractivity contribution >= 4 is 28.4 Å². The number of benzene rings is 1. The van der Waals surface area contributed by atoms with E-state index in [1.807, 2.05) is 18.3 Å². The molecule has 2 amide bonds. The number of H-pyrrole nitrogens is 1. The number of anilines is 1. The van der Waals surface area contributed by atoms with E-state index in [1.165, 1.54) is 0 Å². The van der Waals surface area contributed by atoms with Gasteiger partial charge in [0.25, 0.3) is 0 Å². The van der Waals surface area contributed by atoms with Gasteiger partial charge in [-0.3, -0.25) is 14.6 Å². The van der Waals surface area contributed by atoms with Crippen molar-refractivity contribution in [2.24, 2.45) is 0 Å². The number of amides is 2. The molecule has 0 saturated carbocycles. The number of fused-ring (bicyclic) bond motifs is 1. The van der Waals surface area contributed by atoms with Crippen molar-refractivity contribution in [3.63, 3.8) is 0 Å². The minimum Gasteiger partial charge on any atom is -0.361 e. The summed E-state index contributed by atoms with van der Waals surface area (Å²) in [6.07, 6.45) is 5.08. The molecule has 0 unspecified atom stereocenters. The van der Waals surface area contributed by atoms with Gasteiger partial charge in [0.15, 0.2) is 0 Å². The Hall–Kier alpha value is -3.15. The molecule has 3 rings (SSSR count). The minimum atomic E-state index is -0.694. The van der Waals surface area contributed by atoms with E-state index in [4.69, 9.17) is 0 Å². The van der Waals surface area contributed by atoms with Crippen LogP contribution in [0.2, 0.25) is 0 Å². The van der Waals surface area contributed by atoms with E-state index < -0.39 is 11.8 Å². The molecule has 0 bridgehead atoms. The van der Waals surface area contributed by atoms with Crippen molar-refractivity contribution in [1.29, 1.82) is 0 Å². The Morgan fingerprint density at radius 1 is 1.05 bits per heavy atom. The van der Waals surface area contributed by atoms with Gasteiger partial charge >= 0.3 is 11.8 Å². The number of hydrogen-bond donors (Lipinski definition) is 3. The number of rotatable bonds is 3. The molecule has 110 valence electrons. The van der Waals surface area contributed by atoms with Crippen LogP contribution in [-0.2, 0) is 16.1 Å². The summed E-state index contributed by atoms with van der Waals surface area (Å²) in [6.45, 7) is 0.282. The molecule has 0 aliphatic rings. The molecule has 2 aromatic heterocycles. The van der Waals surface area contributed by atoms with E-state index in [0.717, 1.165) is 16.5 Å². The fourth-order valence-corrected chi connectivity index (χ4v) is 2.08. The molecular weight excluding hydrogens is 280 g/mol. The third-order valence-corrected chi connectivity index (χ3v) is 3.22. The molecule has 0 aliphatic carbocycles. The fraction of sp³-hybridized carbons (Fsp3) is 0.0625. The summed E-state index contributed by atoms with van der Waals surface area (Å²) in [4.78, 5) is 30.6. The predicted molar refractivity (Wildman–Crippen MR) is 83.0 cm³/mol. The van der Waals surface area contributed by atoms with Crippen LogP contribution >= 0.6 is 0 Å². The second kappa shape index (κ2) is 6.09. The highest BCUT2D eigenvalue weighted by molar-refractivity contribution is 6.39. The second-order valence-corrected chi connectivity index (χ2v) is 4.77. The topological polar surface area (TPSA) is 86.9 Å². The van der Waals surface area contributed by atoms with Gasteiger partial charge in [-0.2, -0.15) is 0 Å². The molecule has 2 heterocycles. The number of aromatic amines is 1. The number of aromatic nitrogens is 2. The van der Waals surface area contributed by atoms with E-state index in [9.17, 15) is 9.59 Å². The average Bonchev–Trinajstić information content (AvgIpc) is 3.01. The maximum Gasteiger partial charge on any atom is 0.313 e. The Bertz CT molecular complexity index is 811. The van der Waals surface area contributed by atoms with Crippen molar-refractivity contribution in [1.82, 2.24) is 15.3 Å². The first-order chi connectivity index (χ1) is 10.7. The van der Waals surface area contributed by atoms with Gasteiger partial charge in [0.05, 0.1) is 0 Å². The van der Waals surface area contributed by atoms with Crippen LogP contribution in [0.15, 0.2) is 55.0 Å². The number of pyridine rings is 1. The van der Waals surface area contributed by atoms with Crippen molar-refractivity contribution in [3.8, 4) is 0 Å². The van der Waals surface area contributed by atoms with Gasteiger partial charge in [-0.25, -0.2) is 0 Å². The van der Waals surface area contributed by atoms with Gasteiger partial charge in [0.2, 0.25) is 0 Å². The van der Waals surface area contributed by atoms with Gasteiger partial charge in [-0.1, -0.05) is 6.07 Å². The molecule has 6 nitrogen and oxygen atoms in total. The normalized spacial score (nSPS) is 10.4. The molecule has 0 fully saturated rings. The lowest BCUT2D eigenvalue weighted by atomic mass is 10.2. The van der Waals surface area contributed by atoms with Crippen molar-refractivity contribution in [2.45, 2.75) is 6.54 Å². The largest absolute Gasteiger partial charge is 0.361 e. The van der Waals surface area contributed by atoms with Crippen LogP contribution in [0.1, 0.15) is 5.56 Å². The molecule has 0 radical (unpaired) electrons. The maximum atomic E-state index is 11.9. The van der Waals surface area contributed by atoms with Gasteiger partial charge in [0, 0.05) is 36.3 Å². The summed E-state index contributed by atoms with van der Waals surface area (Å²) in [5.41, 5.74) is 2.35. The molecule has 0 aliphatic heterocycles. The first-order valence-electron chi connectivity index (χ1n) is 6.77. The molecule has 3 N–H and O–H groups in total. The molecule has 0 saturated heterocycles. The fourth-order valence-electron chi connectivity index (χ4n) is 2.08. The number of nitrogens with zero attached hydrogens (tertiary/aromatic N) is 1. The third-order valence-electron chi connectivity index (χ3n) is 3.22. The predicted octanol–water partition coefficient (Wildman–Crippen LogP) is 1.82. The van der Waals surface area contributed by atoms with Crippen molar-refractivity contribution < 1.29 is 9.59 Å². The van der Waals surface area contributed by atoms with E-state index >= 15 is 0 Å². The third kappa shape index (κ3) is 3.12. The first kappa shape index (κ1) is 13.8. The lowest BCUT2D eigenvalue weighted by molar-refractivity contribution is -0.136. The highest BCUT2D eigenvalue weighted by atomic mass is 16.2. The van der Waals surface area contributed by atoms with Crippen molar-refractivity contribution in [2.75, 3.05) is 5.32 Å². The average molecular weight is 294 g/mol. The second-order valence-electron chi connectivity index (χ2n) is 4.77. The standard InChI is InChI=1S/C16H14N4O2/c21-15(19-10-11-3-6-17-7-4-11)16(22)20-13-2-1-12-5-8-18-14(12)9-13/h1-9,18H,10H2,(H,19,21)(H,20,22). The van der Waals surface area contributed by atoms with Crippen LogP contribution < -0.4 is 10.6 Å². The monoisotopic (exact) mass is 294 g/mol. The molecule has 0 atom stereocenters. The van der Waals surface area contributed by atoms with Crippen LogP contribution in [0.25, 0.3) is 10.9 Å². The Kier molecular flexibility index (Phi) is 3.82. The molecule has 22 heavy (non-hydrogen) atoms. The quantitative estimate of drug-likeness (QED) is 0.644. The van der Waals surface area contributed by atoms with Crippen LogP contribution in [0.3, 0.4) is 0 Å². The Morgan fingerprint density at radius 2 is 1.86 bits per heavy atom. The van der Waals surface area contributed by atoms with E-state index in [0.29, 0.717) is 5.69 Å². The summed E-state index contributed by atoms with van der Waals surface area (Å²) in [7, 11) is 0. The van der Waals surface area contributed by atoms with Gasteiger partial charge in [-0.15, -0.1) is 0 Å². The SMILES string of the molecule is O=C(NCc1ccncc1)C(=O)Nc1ccc2cc[nH]c2c1. The molecule has 1 aromatic carbocycles. The van der Waals surface area contributed by atoms with Crippen LogP contribution in [-0.4, -0.2) is 21.8 Å². The Labute approximate surface area is 126 Å². The summed E-state index contributed by atoms with van der Waals surface area (Å²) in [5, 5.41) is 6.18. The smallest absolute Gasteiger partial charge is 0.313 e. The van der Waals surface area contributed by atoms with E-state index in [1.54, 1.807) is 36.7 Å². The van der Waals surface area contributed by atoms with Crippen LogP contribution in [0.4, 0.5) is 5.69 Å². The van der Waals surface area contributed by atoms with Gasteiger partial charge in [-0.05, 0) is 41.3 Å². The molecule has 6 heteroatoms. The first-order valence-corrected chi connectivity index (χ1v) is 6.77.